The van der Waals surface area contributed by atoms with E-state index in [4.69, 9.17) is 0 Å². The van der Waals surface area contributed by atoms with E-state index in [2.05, 4.69) is 4.74 Å². The molecule has 0 aliphatic carbocycles. The molecular formula is C9H12O3S. The monoisotopic (exact) mass is 200 g/mol. The van der Waals surface area contributed by atoms with Gasteiger partial charge in [-0.15, -0.1) is 11.3 Å². The topological polar surface area (TPSA) is 46.5 Å². The molecule has 1 N–H and O–H groups in total. The van der Waals surface area contributed by atoms with Crippen molar-refractivity contribution in [1.29, 1.82) is 0 Å². The summed E-state index contributed by atoms with van der Waals surface area (Å²) < 4.78 is 4.45. The summed E-state index contributed by atoms with van der Waals surface area (Å²) in [6.07, 6.45) is -0.706. The molecule has 1 aromatic rings. The first-order valence-corrected chi connectivity index (χ1v) is 4.81. The lowest BCUT2D eigenvalue weighted by atomic mass is 10.2. The molecule has 1 heterocycles. The van der Waals surface area contributed by atoms with Crippen molar-refractivity contribution in [2.24, 2.45) is 0 Å². The second-order valence-electron chi connectivity index (χ2n) is 2.82. The maximum Gasteiger partial charge on any atom is 0.308 e. The van der Waals surface area contributed by atoms with Gasteiger partial charge in [0.25, 0.3) is 0 Å². The lowest BCUT2D eigenvalue weighted by Gasteiger charge is -2.05. The minimum Gasteiger partial charge on any atom is -0.469 e. The van der Waals surface area contributed by atoms with Gasteiger partial charge in [0.15, 0.2) is 0 Å². The Kier molecular flexibility index (Phi) is 3.45. The summed E-state index contributed by atoms with van der Waals surface area (Å²) in [5, 5.41) is 11.5. The summed E-state index contributed by atoms with van der Waals surface area (Å²) in [5.41, 5.74) is 1.10. The molecule has 0 spiro atoms. The fourth-order valence-electron chi connectivity index (χ4n) is 0.970. The number of hydrogen-bond donors (Lipinski definition) is 1. The maximum absolute atomic E-state index is 10.8. The summed E-state index contributed by atoms with van der Waals surface area (Å²) in [4.78, 5) is 11.6. The number of carbonyl (C=O) groups excluding carboxylic acids is 1. The van der Waals surface area contributed by atoms with E-state index in [1.165, 1.54) is 18.4 Å². The highest BCUT2D eigenvalue weighted by Crippen LogP contribution is 2.24. The molecule has 4 heteroatoms. The van der Waals surface area contributed by atoms with Crippen molar-refractivity contribution in [2.75, 3.05) is 7.11 Å². The molecule has 0 aliphatic heterocycles. The zero-order chi connectivity index (χ0) is 9.84. The predicted molar refractivity (Wildman–Crippen MR) is 50.6 cm³/mol. The van der Waals surface area contributed by atoms with Crippen LogP contribution >= 0.6 is 11.3 Å². The minimum atomic E-state index is -0.730. The largest absolute Gasteiger partial charge is 0.469 e. The van der Waals surface area contributed by atoms with Gasteiger partial charge in [0.2, 0.25) is 0 Å². The molecular weight excluding hydrogens is 188 g/mol. The van der Waals surface area contributed by atoms with Crippen LogP contribution in [0.2, 0.25) is 0 Å². The third-order valence-electron chi connectivity index (χ3n) is 1.67. The van der Waals surface area contributed by atoms with Gasteiger partial charge in [-0.1, -0.05) is 0 Å². The number of rotatable bonds is 3. The fourth-order valence-corrected chi connectivity index (χ4v) is 1.85. The lowest BCUT2D eigenvalue weighted by molar-refractivity contribution is -0.142. The van der Waals surface area contributed by atoms with E-state index in [-0.39, 0.29) is 6.42 Å². The molecule has 72 valence electrons. The number of thiophene rings is 1. The second-order valence-corrected chi connectivity index (χ2v) is 3.77. The zero-order valence-corrected chi connectivity index (χ0v) is 8.43. The molecule has 0 bridgehead atoms. The summed E-state index contributed by atoms with van der Waals surface area (Å²) in [6.45, 7) is 1.95. The van der Waals surface area contributed by atoms with Crippen molar-refractivity contribution in [1.82, 2.24) is 0 Å². The van der Waals surface area contributed by atoms with Crippen molar-refractivity contribution >= 4 is 17.3 Å². The average molecular weight is 200 g/mol. The number of aliphatic hydroxyl groups excluding tert-OH is 1. The van der Waals surface area contributed by atoms with Gasteiger partial charge in [-0.25, -0.2) is 0 Å². The van der Waals surface area contributed by atoms with Crippen LogP contribution in [0, 0.1) is 6.92 Å². The van der Waals surface area contributed by atoms with Crippen LogP contribution in [-0.4, -0.2) is 18.2 Å². The van der Waals surface area contributed by atoms with E-state index in [1.54, 1.807) is 0 Å². The fraction of sp³-hybridized carbons (Fsp3) is 0.444. The molecule has 0 fully saturated rings. The van der Waals surface area contributed by atoms with E-state index in [0.717, 1.165) is 10.4 Å². The molecule has 0 unspecified atom stereocenters. The molecule has 0 aromatic carbocycles. The number of carbonyl (C=O) groups is 1. The van der Waals surface area contributed by atoms with E-state index >= 15 is 0 Å². The van der Waals surface area contributed by atoms with Crippen LogP contribution < -0.4 is 0 Å². The lowest BCUT2D eigenvalue weighted by Crippen LogP contribution is -2.06. The van der Waals surface area contributed by atoms with Gasteiger partial charge in [-0.05, 0) is 23.9 Å². The highest BCUT2D eigenvalue weighted by molar-refractivity contribution is 7.10. The van der Waals surface area contributed by atoms with Gasteiger partial charge in [0, 0.05) is 4.88 Å². The molecule has 0 amide bonds. The minimum absolute atomic E-state index is 0.0243. The second kappa shape index (κ2) is 4.39. The van der Waals surface area contributed by atoms with E-state index in [0.29, 0.717) is 0 Å². The summed E-state index contributed by atoms with van der Waals surface area (Å²) >= 11 is 1.45. The quantitative estimate of drug-likeness (QED) is 0.755. The Morgan fingerprint density at radius 1 is 1.77 bits per heavy atom. The van der Waals surface area contributed by atoms with Crippen LogP contribution in [0.5, 0.6) is 0 Å². The van der Waals surface area contributed by atoms with Gasteiger partial charge >= 0.3 is 5.97 Å². The predicted octanol–water partition coefficient (Wildman–Crippen LogP) is 1.65. The van der Waals surface area contributed by atoms with E-state index < -0.39 is 12.1 Å². The van der Waals surface area contributed by atoms with Crippen LogP contribution in [0.1, 0.15) is 23.0 Å². The van der Waals surface area contributed by atoms with Gasteiger partial charge in [0.1, 0.15) is 0 Å². The van der Waals surface area contributed by atoms with Gasteiger partial charge in [0.05, 0.1) is 19.6 Å². The van der Waals surface area contributed by atoms with Crippen LogP contribution in [0.4, 0.5) is 0 Å². The van der Waals surface area contributed by atoms with E-state index in [9.17, 15) is 9.90 Å². The van der Waals surface area contributed by atoms with Crippen LogP contribution in [-0.2, 0) is 9.53 Å². The molecule has 13 heavy (non-hydrogen) atoms. The third kappa shape index (κ3) is 2.82. The number of hydrogen-bond acceptors (Lipinski definition) is 4. The SMILES string of the molecule is COC(=O)C[C@@H](O)c1cc(C)cs1. The van der Waals surface area contributed by atoms with Gasteiger partial charge < -0.3 is 9.84 Å². The van der Waals surface area contributed by atoms with Crippen molar-refractivity contribution in [3.63, 3.8) is 0 Å². The Labute approximate surface area is 81.0 Å². The van der Waals surface area contributed by atoms with Crippen molar-refractivity contribution in [3.05, 3.63) is 21.9 Å². The molecule has 1 atom stereocenters. The number of aliphatic hydroxyl groups is 1. The van der Waals surface area contributed by atoms with Crippen molar-refractivity contribution in [2.45, 2.75) is 19.4 Å². The molecule has 1 rings (SSSR count). The molecule has 1 aromatic heterocycles. The number of methoxy groups -OCH3 is 1. The highest BCUT2D eigenvalue weighted by Gasteiger charge is 2.14. The standard InChI is InChI=1S/C9H12O3S/c1-6-3-8(13-5-6)7(10)4-9(11)12-2/h3,5,7,10H,4H2,1-2H3/t7-/m1/s1. The smallest absolute Gasteiger partial charge is 0.308 e. The molecule has 0 radical (unpaired) electrons. The first-order valence-electron chi connectivity index (χ1n) is 3.93. The van der Waals surface area contributed by atoms with E-state index in [1.807, 2.05) is 18.4 Å². The summed E-state index contributed by atoms with van der Waals surface area (Å²) in [5.74, 6) is -0.390. The first kappa shape index (κ1) is 10.2. The molecule has 0 aliphatic rings. The van der Waals surface area contributed by atoms with Crippen LogP contribution in [0.25, 0.3) is 0 Å². The summed E-state index contributed by atoms with van der Waals surface area (Å²) in [7, 11) is 1.31. The Hall–Kier alpha value is -0.870. The molecule has 3 nitrogen and oxygen atoms in total. The molecule has 0 saturated carbocycles. The normalized spacial score (nSPS) is 12.5. The Bertz CT molecular complexity index is 293. The van der Waals surface area contributed by atoms with Gasteiger partial charge in [-0.3, -0.25) is 4.79 Å². The van der Waals surface area contributed by atoms with Crippen molar-refractivity contribution < 1.29 is 14.6 Å². The Morgan fingerprint density at radius 2 is 2.46 bits per heavy atom. The van der Waals surface area contributed by atoms with Gasteiger partial charge in [-0.2, -0.15) is 0 Å². The van der Waals surface area contributed by atoms with Crippen LogP contribution in [0.15, 0.2) is 11.4 Å². The maximum atomic E-state index is 10.8. The van der Waals surface area contributed by atoms with Crippen molar-refractivity contribution in [3.8, 4) is 0 Å². The Morgan fingerprint density at radius 3 is 2.92 bits per heavy atom. The third-order valence-corrected chi connectivity index (χ3v) is 2.82. The Balaban J connectivity index is 2.58. The number of ether oxygens (including phenoxy) is 1. The molecule has 0 saturated heterocycles. The zero-order valence-electron chi connectivity index (χ0n) is 7.61. The first-order chi connectivity index (χ1) is 6.13. The number of esters is 1. The number of aryl methyl sites for hydroxylation is 1. The summed E-state index contributed by atoms with van der Waals surface area (Å²) in [6, 6.07) is 1.87. The average Bonchev–Trinajstić information content (AvgIpc) is 2.51. The van der Waals surface area contributed by atoms with Crippen LogP contribution in [0.3, 0.4) is 0 Å². The highest BCUT2D eigenvalue weighted by atomic mass is 32.1.